The van der Waals surface area contributed by atoms with Crippen LogP contribution in [0.2, 0.25) is 0 Å². The average Bonchev–Trinajstić information content (AvgIpc) is 2.89. The molecule has 1 aliphatic carbocycles. The zero-order valence-electron chi connectivity index (χ0n) is 13.2. The molecule has 0 spiro atoms. The first kappa shape index (κ1) is 15.1. The van der Waals surface area contributed by atoms with Gasteiger partial charge in [0.2, 0.25) is 6.08 Å². The zero-order chi connectivity index (χ0) is 15.6. The van der Waals surface area contributed by atoms with Gasteiger partial charge in [-0.3, -0.25) is 0 Å². The smallest absolute Gasteiger partial charge is 0.235 e. The Morgan fingerprint density at radius 1 is 1.36 bits per heavy atom. The number of benzene rings is 1. The standard InChI is InChI=1S/C17H22N2O3/c1-19-9-6-14(11-19)22-15-5-4-13(10-16(15)21-2)17(18-12-20)7-3-8-17/h4-5,10,14H,3,6-9,11H2,1-2H3. The number of methoxy groups -OCH3 is 1. The highest BCUT2D eigenvalue weighted by Crippen LogP contribution is 2.46. The minimum atomic E-state index is -0.402. The summed E-state index contributed by atoms with van der Waals surface area (Å²) >= 11 is 0. The number of carbonyl (C=O) groups excluding carboxylic acids is 1. The summed E-state index contributed by atoms with van der Waals surface area (Å²) in [4.78, 5) is 17.0. The summed E-state index contributed by atoms with van der Waals surface area (Å²) in [6, 6.07) is 5.89. The molecule has 1 unspecified atom stereocenters. The van der Waals surface area contributed by atoms with E-state index in [4.69, 9.17) is 9.47 Å². The highest BCUT2D eigenvalue weighted by molar-refractivity contribution is 5.47. The van der Waals surface area contributed by atoms with Crippen molar-refractivity contribution in [2.45, 2.75) is 37.3 Å². The van der Waals surface area contributed by atoms with Crippen LogP contribution in [-0.4, -0.2) is 44.3 Å². The summed E-state index contributed by atoms with van der Waals surface area (Å²) in [5, 5.41) is 0. The number of likely N-dealkylation sites (tertiary alicyclic amines) is 1. The predicted molar refractivity (Wildman–Crippen MR) is 83.2 cm³/mol. The number of rotatable bonds is 5. The number of nitrogens with zero attached hydrogens (tertiary/aromatic N) is 2. The van der Waals surface area contributed by atoms with E-state index in [1.54, 1.807) is 13.2 Å². The fourth-order valence-electron chi connectivity index (χ4n) is 3.29. The number of aliphatic imine (C=N–C) groups is 1. The van der Waals surface area contributed by atoms with Gasteiger partial charge < -0.3 is 14.4 Å². The van der Waals surface area contributed by atoms with Gasteiger partial charge in [-0.05, 0) is 50.4 Å². The van der Waals surface area contributed by atoms with Crippen molar-refractivity contribution in [3.05, 3.63) is 23.8 Å². The first-order valence-corrected chi connectivity index (χ1v) is 7.79. The van der Waals surface area contributed by atoms with E-state index in [0.717, 1.165) is 50.1 Å². The lowest BCUT2D eigenvalue weighted by Gasteiger charge is -2.37. The Kier molecular flexibility index (Phi) is 4.19. The molecule has 0 aromatic heterocycles. The molecule has 5 heteroatoms. The maximum atomic E-state index is 10.7. The molecule has 0 N–H and O–H groups in total. The van der Waals surface area contributed by atoms with Gasteiger partial charge >= 0.3 is 0 Å². The molecular weight excluding hydrogens is 280 g/mol. The van der Waals surface area contributed by atoms with Gasteiger partial charge in [0.25, 0.3) is 0 Å². The minimum Gasteiger partial charge on any atom is -0.493 e. The Hall–Kier alpha value is -1.84. The van der Waals surface area contributed by atoms with Crippen molar-refractivity contribution in [3.8, 4) is 11.5 Å². The summed E-state index contributed by atoms with van der Waals surface area (Å²) < 4.78 is 11.6. The maximum absolute atomic E-state index is 10.7. The largest absolute Gasteiger partial charge is 0.493 e. The van der Waals surface area contributed by atoms with E-state index < -0.39 is 5.54 Å². The number of hydrogen-bond acceptors (Lipinski definition) is 5. The summed E-state index contributed by atoms with van der Waals surface area (Å²) in [6.07, 6.45) is 5.81. The number of ether oxygens (including phenoxy) is 2. The Bertz CT molecular complexity index is 592. The second-order valence-corrected chi connectivity index (χ2v) is 6.24. The SMILES string of the molecule is COc1cc(C2(N=C=O)CCC2)ccc1OC1CCN(C)C1. The molecule has 2 aliphatic rings. The van der Waals surface area contributed by atoms with E-state index in [9.17, 15) is 4.79 Å². The molecular formula is C17H22N2O3. The van der Waals surface area contributed by atoms with Gasteiger partial charge in [0.1, 0.15) is 6.10 Å². The minimum absolute atomic E-state index is 0.204. The van der Waals surface area contributed by atoms with Crippen molar-refractivity contribution in [3.63, 3.8) is 0 Å². The molecule has 3 rings (SSSR count). The summed E-state index contributed by atoms with van der Waals surface area (Å²) in [7, 11) is 3.74. The Morgan fingerprint density at radius 2 is 2.18 bits per heavy atom. The third kappa shape index (κ3) is 2.74. The molecule has 0 bridgehead atoms. The van der Waals surface area contributed by atoms with Gasteiger partial charge in [-0.25, -0.2) is 4.79 Å². The van der Waals surface area contributed by atoms with Crippen molar-refractivity contribution in [2.24, 2.45) is 4.99 Å². The van der Waals surface area contributed by atoms with E-state index in [-0.39, 0.29) is 6.10 Å². The number of likely N-dealkylation sites (N-methyl/N-ethyl adjacent to an activating group) is 1. The van der Waals surface area contributed by atoms with Crippen LogP contribution in [0.4, 0.5) is 0 Å². The summed E-state index contributed by atoms with van der Waals surface area (Å²) in [5.74, 6) is 1.47. The molecule has 1 heterocycles. The molecule has 1 saturated carbocycles. The molecule has 1 saturated heterocycles. The van der Waals surface area contributed by atoms with Gasteiger partial charge in [-0.15, -0.1) is 0 Å². The van der Waals surface area contributed by atoms with E-state index in [0.29, 0.717) is 5.75 Å². The first-order valence-electron chi connectivity index (χ1n) is 7.79. The van der Waals surface area contributed by atoms with E-state index in [1.807, 2.05) is 18.2 Å². The predicted octanol–water partition coefficient (Wildman–Crippen LogP) is 2.49. The third-order valence-electron chi connectivity index (χ3n) is 4.78. The van der Waals surface area contributed by atoms with E-state index in [2.05, 4.69) is 16.9 Å². The molecule has 5 nitrogen and oxygen atoms in total. The van der Waals surface area contributed by atoms with Gasteiger partial charge in [0.15, 0.2) is 11.5 Å². The number of hydrogen-bond donors (Lipinski definition) is 0. The van der Waals surface area contributed by atoms with Gasteiger partial charge in [0.05, 0.1) is 12.6 Å². The highest BCUT2D eigenvalue weighted by atomic mass is 16.5. The number of isocyanates is 1. The molecule has 1 aromatic rings. The second-order valence-electron chi connectivity index (χ2n) is 6.24. The van der Waals surface area contributed by atoms with Gasteiger partial charge in [-0.2, -0.15) is 4.99 Å². The van der Waals surface area contributed by atoms with Crippen LogP contribution in [0, 0.1) is 0 Å². The molecule has 2 fully saturated rings. The fraction of sp³-hybridized carbons (Fsp3) is 0.588. The normalized spacial score (nSPS) is 23.5. The average molecular weight is 302 g/mol. The van der Waals surface area contributed by atoms with Crippen LogP contribution in [0.25, 0.3) is 0 Å². The molecule has 0 radical (unpaired) electrons. The second kappa shape index (κ2) is 6.11. The molecule has 1 aromatic carbocycles. The quantitative estimate of drug-likeness (QED) is 0.619. The lowest BCUT2D eigenvalue weighted by atomic mass is 9.72. The van der Waals surface area contributed by atoms with Crippen molar-refractivity contribution >= 4 is 6.08 Å². The lowest BCUT2D eigenvalue weighted by molar-refractivity contribution is 0.198. The van der Waals surface area contributed by atoms with Crippen molar-refractivity contribution in [1.82, 2.24) is 4.90 Å². The van der Waals surface area contributed by atoms with Crippen LogP contribution in [0.5, 0.6) is 11.5 Å². The molecule has 22 heavy (non-hydrogen) atoms. The van der Waals surface area contributed by atoms with Crippen LogP contribution in [0.15, 0.2) is 23.2 Å². The Labute approximate surface area is 130 Å². The zero-order valence-corrected chi connectivity index (χ0v) is 13.2. The van der Waals surface area contributed by atoms with E-state index in [1.165, 1.54) is 0 Å². The monoisotopic (exact) mass is 302 g/mol. The molecule has 1 aliphatic heterocycles. The van der Waals surface area contributed by atoms with Crippen LogP contribution < -0.4 is 9.47 Å². The fourth-order valence-corrected chi connectivity index (χ4v) is 3.29. The van der Waals surface area contributed by atoms with Crippen LogP contribution >= 0.6 is 0 Å². The Balaban J connectivity index is 1.83. The van der Waals surface area contributed by atoms with Gasteiger partial charge in [0, 0.05) is 13.1 Å². The molecule has 1 atom stereocenters. The molecule has 0 amide bonds. The maximum Gasteiger partial charge on any atom is 0.235 e. The lowest BCUT2D eigenvalue weighted by Crippen LogP contribution is -2.31. The highest BCUT2D eigenvalue weighted by Gasteiger charge is 2.39. The van der Waals surface area contributed by atoms with Crippen LogP contribution in [0.3, 0.4) is 0 Å². The third-order valence-corrected chi connectivity index (χ3v) is 4.78. The Morgan fingerprint density at radius 3 is 2.73 bits per heavy atom. The topological polar surface area (TPSA) is 51.1 Å². The van der Waals surface area contributed by atoms with Crippen molar-refractivity contribution in [1.29, 1.82) is 0 Å². The van der Waals surface area contributed by atoms with Crippen LogP contribution in [0.1, 0.15) is 31.2 Å². The van der Waals surface area contributed by atoms with Crippen molar-refractivity contribution < 1.29 is 14.3 Å². The van der Waals surface area contributed by atoms with E-state index >= 15 is 0 Å². The van der Waals surface area contributed by atoms with Gasteiger partial charge in [-0.1, -0.05) is 6.07 Å². The van der Waals surface area contributed by atoms with Crippen LogP contribution in [-0.2, 0) is 10.3 Å². The van der Waals surface area contributed by atoms with Crippen molar-refractivity contribution in [2.75, 3.05) is 27.2 Å². The summed E-state index contributed by atoms with van der Waals surface area (Å²) in [6.45, 7) is 1.99. The molecule has 118 valence electrons. The first-order chi connectivity index (χ1) is 10.7. The summed E-state index contributed by atoms with van der Waals surface area (Å²) in [5.41, 5.74) is 0.607.